The van der Waals surface area contributed by atoms with Crippen LogP contribution in [-0.4, -0.2) is 26.8 Å². The zero-order valence-corrected chi connectivity index (χ0v) is 11.0. The minimum atomic E-state index is -3.05. The SMILES string of the molecule is CCS(=O)(=O)c1ccc(CCNC2CC2)cc1. The Morgan fingerprint density at radius 1 is 1.24 bits per heavy atom. The monoisotopic (exact) mass is 253 g/mol. The molecule has 0 heterocycles. The van der Waals surface area contributed by atoms with Gasteiger partial charge in [0.2, 0.25) is 0 Å². The van der Waals surface area contributed by atoms with Crippen LogP contribution >= 0.6 is 0 Å². The number of rotatable bonds is 6. The molecule has 1 aliphatic carbocycles. The van der Waals surface area contributed by atoms with Gasteiger partial charge in [0.15, 0.2) is 9.84 Å². The lowest BCUT2D eigenvalue weighted by molar-refractivity contribution is 0.597. The molecule has 0 radical (unpaired) electrons. The van der Waals surface area contributed by atoms with Gasteiger partial charge in [-0.2, -0.15) is 0 Å². The van der Waals surface area contributed by atoms with E-state index < -0.39 is 9.84 Å². The van der Waals surface area contributed by atoms with E-state index in [1.165, 1.54) is 18.4 Å². The van der Waals surface area contributed by atoms with Crippen LogP contribution in [0.4, 0.5) is 0 Å². The summed E-state index contributed by atoms with van der Waals surface area (Å²) in [5.74, 6) is 0.162. The first-order chi connectivity index (χ1) is 8.12. The molecule has 1 N–H and O–H groups in total. The van der Waals surface area contributed by atoms with E-state index in [2.05, 4.69) is 5.32 Å². The van der Waals surface area contributed by atoms with Crippen molar-refractivity contribution >= 4 is 9.84 Å². The average molecular weight is 253 g/mol. The van der Waals surface area contributed by atoms with Gasteiger partial charge < -0.3 is 5.32 Å². The fourth-order valence-corrected chi connectivity index (χ4v) is 2.62. The van der Waals surface area contributed by atoms with Gasteiger partial charge in [-0.15, -0.1) is 0 Å². The Kier molecular flexibility index (Phi) is 3.84. The van der Waals surface area contributed by atoms with Crippen LogP contribution in [0.3, 0.4) is 0 Å². The quantitative estimate of drug-likeness (QED) is 0.840. The number of benzene rings is 1. The van der Waals surface area contributed by atoms with Gasteiger partial charge in [0.1, 0.15) is 0 Å². The lowest BCUT2D eigenvalue weighted by Gasteiger charge is -2.05. The molecule has 1 aromatic rings. The summed E-state index contributed by atoms with van der Waals surface area (Å²) in [4.78, 5) is 0.430. The van der Waals surface area contributed by atoms with E-state index in [1.54, 1.807) is 19.1 Å². The number of hydrogen-bond donors (Lipinski definition) is 1. The molecule has 3 nitrogen and oxygen atoms in total. The molecule has 0 saturated heterocycles. The predicted molar refractivity (Wildman–Crippen MR) is 68.9 cm³/mol. The summed E-state index contributed by atoms with van der Waals surface area (Å²) in [5, 5.41) is 3.44. The Bertz CT molecular complexity index is 461. The van der Waals surface area contributed by atoms with E-state index in [0.717, 1.165) is 19.0 Å². The van der Waals surface area contributed by atoms with E-state index in [4.69, 9.17) is 0 Å². The molecule has 1 saturated carbocycles. The highest BCUT2D eigenvalue weighted by Gasteiger charge is 2.19. The largest absolute Gasteiger partial charge is 0.314 e. The van der Waals surface area contributed by atoms with Crippen LogP contribution in [0.2, 0.25) is 0 Å². The summed E-state index contributed by atoms with van der Waals surface area (Å²) < 4.78 is 23.2. The molecular weight excluding hydrogens is 234 g/mol. The van der Waals surface area contributed by atoms with Crippen LogP contribution in [0.5, 0.6) is 0 Å². The normalized spacial score (nSPS) is 16.1. The minimum Gasteiger partial charge on any atom is -0.314 e. The maximum atomic E-state index is 11.6. The van der Waals surface area contributed by atoms with Crippen molar-refractivity contribution in [3.05, 3.63) is 29.8 Å². The molecule has 2 rings (SSSR count). The van der Waals surface area contributed by atoms with Crippen molar-refractivity contribution < 1.29 is 8.42 Å². The third kappa shape index (κ3) is 3.54. The molecular formula is C13H19NO2S. The van der Waals surface area contributed by atoms with Gasteiger partial charge in [-0.1, -0.05) is 19.1 Å². The van der Waals surface area contributed by atoms with Crippen molar-refractivity contribution in [2.24, 2.45) is 0 Å². The fourth-order valence-electron chi connectivity index (χ4n) is 1.74. The molecule has 0 aromatic heterocycles. The van der Waals surface area contributed by atoms with E-state index in [1.807, 2.05) is 12.1 Å². The van der Waals surface area contributed by atoms with Gasteiger partial charge in [0.25, 0.3) is 0 Å². The lowest BCUT2D eigenvalue weighted by atomic mass is 10.1. The van der Waals surface area contributed by atoms with Crippen LogP contribution < -0.4 is 5.32 Å². The van der Waals surface area contributed by atoms with E-state index >= 15 is 0 Å². The zero-order chi connectivity index (χ0) is 12.3. The summed E-state index contributed by atoms with van der Waals surface area (Å²) in [7, 11) is -3.05. The van der Waals surface area contributed by atoms with Crippen LogP contribution in [0.15, 0.2) is 29.2 Å². The number of nitrogens with one attached hydrogen (secondary N) is 1. The Balaban J connectivity index is 1.92. The average Bonchev–Trinajstić information content (AvgIpc) is 3.14. The second-order valence-electron chi connectivity index (χ2n) is 4.53. The molecule has 1 aromatic carbocycles. The smallest absolute Gasteiger partial charge is 0.178 e. The fraction of sp³-hybridized carbons (Fsp3) is 0.538. The van der Waals surface area contributed by atoms with E-state index in [0.29, 0.717) is 4.90 Å². The Morgan fingerprint density at radius 2 is 1.88 bits per heavy atom. The molecule has 17 heavy (non-hydrogen) atoms. The Hall–Kier alpha value is -0.870. The van der Waals surface area contributed by atoms with Crippen molar-refractivity contribution in [2.45, 2.75) is 37.1 Å². The highest BCUT2D eigenvalue weighted by Crippen LogP contribution is 2.18. The van der Waals surface area contributed by atoms with Crippen molar-refractivity contribution in [3.63, 3.8) is 0 Å². The standard InChI is InChI=1S/C13H19NO2S/c1-2-17(15,16)13-7-3-11(4-8-13)9-10-14-12-5-6-12/h3-4,7-8,12,14H,2,5-6,9-10H2,1H3. The number of sulfone groups is 1. The zero-order valence-electron chi connectivity index (χ0n) is 10.1. The molecule has 0 atom stereocenters. The molecule has 4 heteroatoms. The molecule has 0 aliphatic heterocycles. The third-order valence-electron chi connectivity index (χ3n) is 3.09. The number of hydrogen-bond acceptors (Lipinski definition) is 3. The molecule has 0 spiro atoms. The highest BCUT2D eigenvalue weighted by molar-refractivity contribution is 7.91. The highest BCUT2D eigenvalue weighted by atomic mass is 32.2. The second kappa shape index (κ2) is 5.19. The van der Waals surface area contributed by atoms with Crippen LogP contribution in [0, 0.1) is 0 Å². The van der Waals surface area contributed by atoms with Crippen molar-refractivity contribution in [2.75, 3.05) is 12.3 Å². The Labute approximate surface area is 103 Å². The molecule has 0 unspecified atom stereocenters. The van der Waals surface area contributed by atoms with Gasteiger partial charge in [0, 0.05) is 6.04 Å². The van der Waals surface area contributed by atoms with Crippen LogP contribution in [0.1, 0.15) is 25.3 Å². The predicted octanol–water partition coefficient (Wildman–Crippen LogP) is 1.77. The third-order valence-corrected chi connectivity index (χ3v) is 4.84. The topological polar surface area (TPSA) is 46.2 Å². The summed E-state index contributed by atoms with van der Waals surface area (Å²) >= 11 is 0. The molecule has 1 aliphatic rings. The Morgan fingerprint density at radius 3 is 2.41 bits per heavy atom. The second-order valence-corrected chi connectivity index (χ2v) is 6.80. The first kappa shape index (κ1) is 12.6. The van der Waals surface area contributed by atoms with Gasteiger partial charge >= 0.3 is 0 Å². The molecule has 1 fully saturated rings. The summed E-state index contributed by atoms with van der Waals surface area (Å²) in [6.45, 7) is 2.65. The van der Waals surface area contributed by atoms with Gasteiger partial charge in [-0.25, -0.2) is 8.42 Å². The van der Waals surface area contributed by atoms with Crippen LogP contribution in [-0.2, 0) is 16.3 Å². The van der Waals surface area contributed by atoms with E-state index in [9.17, 15) is 8.42 Å². The summed E-state index contributed by atoms with van der Waals surface area (Å²) in [6.07, 6.45) is 3.56. The van der Waals surface area contributed by atoms with Crippen molar-refractivity contribution in [1.82, 2.24) is 5.32 Å². The van der Waals surface area contributed by atoms with Gasteiger partial charge in [-0.3, -0.25) is 0 Å². The van der Waals surface area contributed by atoms with Crippen molar-refractivity contribution in [1.29, 1.82) is 0 Å². The molecule has 0 amide bonds. The maximum Gasteiger partial charge on any atom is 0.178 e. The maximum absolute atomic E-state index is 11.6. The van der Waals surface area contributed by atoms with Crippen LogP contribution in [0.25, 0.3) is 0 Å². The summed E-state index contributed by atoms with van der Waals surface area (Å²) in [6, 6.07) is 7.99. The first-order valence-corrected chi connectivity index (χ1v) is 7.82. The molecule has 94 valence electrons. The minimum absolute atomic E-state index is 0.162. The molecule has 0 bridgehead atoms. The van der Waals surface area contributed by atoms with Crippen molar-refractivity contribution in [3.8, 4) is 0 Å². The lowest BCUT2D eigenvalue weighted by Crippen LogP contribution is -2.19. The van der Waals surface area contributed by atoms with Gasteiger partial charge in [0.05, 0.1) is 10.6 Å². The first-order valence-electron chi connectivity index (χ1n) is 6.17. The summed E-state index contributed by atoms with van der Waals surface area (Å²) in [5.41, 5.74) is 1.19. The van der Waals surface area contributed by atoms with E-state index in [-0.39, 0.29) is 5.75 Å². The van der Waals surface area contributed by atoms with Gasteiger partial charge in [-0.05, 0) is 43.5 Å².